The first-order chi connectivity index (χ1) is 19.1. The lowest BCUT2D eigenvalue weighted by atomic mass is 9.69. The second-order valence-electron chi connectivity index (χ2n) is 10.8. The minimum atomic E-state index is -0.126. The molecule has 1 amide bonds. The number of benzene rings is 3. The molecule has 0 radical (unpaired) electrons. The van der Waals surface area contributed by atoms with Crippen molar-refractivity contribution in [1.82, 2.24) is 9.80 Å². The number of piperidine rings is 1. The van der Waals surface area contributed by atoms with Crippen LogP contribution in [-0.2, 0) is 16.7 Å². The van der Waals surface area contributed by atoms with Crippen LogP contribution in [0.3, 0.4) is 0 Å². The van der Waals surface area contributed by atoms with Gasteiger partial charge in [-0.2, -0.15) is 0 Å². The number of likely N-dealkylation sites (tertiary alicyclic amines) is 2. The summed E-state index contributed by atoms with van der Waals surface area (Å²) in [4.78, 5) is 17.7. The third kappa shape index (κ3) is 5.82. The first-order valence-corrected chi connectivity index (χ1v) is 14.0. The number of hydrogen-bond acceptors (Lipinski definition) is 5. The third-order valence-electron chi connectivity index (χ3n) is 8.46. The Labute approximate surface area is 232 Å². The average Bonchev–Trinajstić information content (AvgIpc) is 3.46. The monoisotopic (exact) mass is 528 g/mol. The van der Waals surface area contributed by atoms with Gasteiger partial charge in [-0.15, -0.1) is 0 Å². The van der Waals surface area contributed by atoms with Crippen LogP contribution in [0.2, 0.25) is 0 Å². The van der Waals surface area contributed by atoms with E-state index in [0.29, 0.717) is 6.61 Å². The van der Waals surface area contributed by atoms with E-state index in [2.05, 4.69) is 65.6 Å². The van der Waals surface area contributed by atoms with Crippen LogP contribution in [0.25, 0.3) is 0 Å². The predicted octanol–water partition coefficient (Wildman–Crippen LogP) is 5.54. The molecule has 3 aromatic rings. The molecule has 0 spiro atoms. The molecule has 2 saturated heterocycles. The molecule has 6 heteroatoms. The molecule has 0 bridgehead atoms. The number of rotatable bonds is 9. The highest BCUT2D eigenvalue weighted by Crippen LogP contribution is 2.42. The molecule has 2 fully saturated rings. The Morgan fingerprint density at radius 1 is 0.821 bits per heavy atom. The Bertz CT molecular complexity index is 1180. The van der Waals surface area contributed by atoms with Gasteiger partial charge in [-0.1, -0.05) is 36.4 Å². The van der Waals surface area contributed by atoms with Crippen LogP contribution in [0.4, 0.5) is 0 Å². The Hall–Kier alpha value is -3.35. The van der Waals surface area contributed by atoms with Crippen molar-refractivity contribution in [1.29, 1.82) is 0 Å². The second kappa shape index (κ2) is 12.2. The second-order valence-corrected chi connectivity index (χ2v) is 10.8. The number of amides is 1. The normalized spacial score (nSPS) is 19.2. The molecular formula is C33H40N2O4. The summed E-state index contributed by atoms with van der Waals surface area (Å²) in [6, 6.07) is 25.5. The van der Waals surface area contributed by atoms with Gasteiger partial charge in [0, 0.05) is 37.7 Å². The molecular weight excluding hydrogens is 488 g/mol. The van der Waals surface area contributed by atoms with Crippen LogP contribution >= 0.6 is 0 Å². The first-order valence-electron chi connectivity index (χ1n) is 14.0. The highest BCUT2D eigenvalue weighted by Gasteiger charge is 2.39. The summed E-state index contributed by atoms with van der Waals surface area (Å²) in [7, 11) is 5.12. The average molecular weight is 529 g/mol. The van der Waals surface area contributed by atoms with Crippen LogP contribution in [0.1, 0.15) is 52.7 Å². The van der Waals surface area contributed by atoms with Gasteiger partial charge < -0.3 is 19.1 Å². The van der Waals surface area contributed by atoms with Crippen molar-refractivity contribution < 1.29 is 19.0 Å². The molecule has 206 valence electrons. The van der Waals surface area contributed by atoms with Gasteiger partial charge in [0.05, 0.1) is 26.9 Å². The lowest BCUT2D eigenvalue weighted by Gasteiger charge is -2.44. The van der Waals surface area contributed by atoms with E-state index in [1.165, 1.54) is 16.7 Å². The maximum absolute atomic E-state index is 13.2. The van der Waals surface area contributed by atoms with Gasteiger partial charge in [-0.3, -0.25) is 9.69 Å². The minimum absolute atomic E-state index is 0.108. The lowest BCUT2D eigenvalue weighted by molar-refractivity contribution is 0.0630. The van der Waals surface area contributed by atoms with Crippen LogP contribution in [-0.4, -0.2) is 69.3 Å². The molecule has 0 aliphatic carbocycles. The largest absolute Gasteiger partial charge is 0.497 e. The number of hydrogen-bond donors (Lipinski definition) is 0. The van der Waals surface area contributed by atoms with E-state index in [-0.39, 0.29) is 17.4 Å². The van der Waals surface area contributed by atoms with E-state index in [4.69, 9.17) is 14.2 Å². The number of nitrogens with zero attached hydrogens (tertiary/aromatic N) is 2. The van der Waals surface area contributed by atoms with E-state index in [1.54, 1.807) is 21.3 Å². The standard InChI is InChI=1S/C33H40N2O4/c1-37-23-29-6-4-21-35(29)32(36)26-9-7-25(8-10-26)22-34-20-5-19-33(24-34,27-11-15-30(38-2)16-12-27)28-13-17-31(39-3)18-14-28/h7-18,29H,4-6,19-24H2,1-3H3. The van der Waals surface area contributed by atoms with Gasteiger partial charge in [0.1, 0.15) is 11.5 Å². The zero-order chi connectivity index (χ0) is 27.2. The molecule has 2 aliphatic rings. The Kier molecular flexibility index (Phi) is 8.53. The van der Waals surface area contributed by atoms with Crippen molar-refractivity contribution in [3.05, 3.63) is 95.1 Å². The van der Waals surface area contributed by atoms with Gasteiger partial charge in [0.25, 0.3) is 5.91 Å². The maximum atomic E-state index is 13.2. The Balaban J connectivity index is 1.35. The van der Waals surface area contributed by atoms with Crippen LogP contribution in [0.15, 0.2) is 72.8 Å². The van der Waals surface area contributed by atoms with Gasteiger partial charge >= 0.3 is 0 Å². The number of carbonyl (C=O) groups excluding carboxylic acids is 1. The van der Waals surface area contributed by atoms with Crippen LogP contribution < -0.4 is 9.47 Å². The first kappa shape index (κ1) is 27.2. The van der Waals surface area contributed by atoms with E-state index in [9.17, 15) is 4.79 Å². The molecule has 3 aromatic carbocycles. The molecule has 2 heterocycles. The number of ether oxygens (including phenoxy) is 3. The van der Waals surface area contributed by atoms with Gasteiger partial charge in [-0.05, 0) is 85.3 Å². The summed E-state index contributed by atoms with van der Waals surface area (Å²) in [5, 5.41) is 0. The highest BCUT2D eigenvalue weighted by molar-refractivity contribution is 5.94. The fourth-order valence-electron chi connectivity index (χ4n) is 6.38. The predicted molar refractivity (Wildman–Crippen MR) is 154 cm³/mol. The molecule has 39 heavy (non-hydrogen) atoms. The molecule has 1 atom stereocenters. The van der Waals surface area contributed by atoms with E-state index < -0.39 is 0 Å². The summed E-state index contributed by atoms with van der Waals surface area (Å²) in [5.41, 5.74) is 4.46. The van der Waals surface area contributed by atoms with Crippen LogP contribution in [0, 0.1) is 0 Å². The van der Waals surface area contributed by atoms with Crippen molar-refractivity contribution >= 4 is 5.91 Å². The smallest absolute Gasteiger partial charge is 0.254 e. The Morgan fingerprint density at radius 2 is 1.44 bits per heavy atom. The van der Waals surface area contributed by atoms with Crippen LogP contribution in [0.5, 0.6) is 11.5 Å². The lowest BCUT2D eigenvalue weighted by Crippen LogP contribution is -2.46. The van der Waals surface area contributed by atoms with E-state index >= 15 is 0 Å². The molecule has 6 nitrogen and oxygen atoms in total. The SMILES string of the molecule is COCC1CCCN1C(=O)c1ccc(CN2CCCC(c3ccc(OC)cc3)(c3ccc(OC)cc3)C2)cc1. The molecule has 2 aliphatic heterocycles. The quantitative estimate of drug-likeness (QED) is 0.365. The van der Waals surface area contributed by atoms with Crippen molar-refractivity contribution in [2.75, 3.05) is 47.6 Å². The van der Waals surface area contributed by atoms with Crippen molar-refractivity contribution in [2.45, 2.75) is 43.7 Å². The van der Waals surface area contributed by atoms with Gasteiger partial charge in [-0.25, -0.2) is 0 Å². The zero-order valence-electron chi connectivity index (χ0n) is 23.4. The third-order valence-corrected chi connectivity index (χ3v) is 8.46. The van der Waals surface area contributed by atoms with Crippen molar-refractivity contribution in [3.8, 4) is 11.5 Å². The Morgan fingerprint density at radius 3 is 2.00 bits per heavy atom. The fraction of sp³-hybridized carbons (Fsp3) is 0.424. The summed E-state index contributed by atoms with van der Waals surface area (Å²) in [6.07, 6.45) is 4.23. The highest BCUT2D eigenvalue weighted by atomic mass is 16.5. The summed E-state index contributed by atoms with van der Waals surface area (Å²) < 4.78 is 16.2. The van der Waals surface area contributed by atoms with E-state index in [0.717, 1.165) is 68.9 Å². The molecule has 5 rings (SSSR count). The van der Waals surface area contributed by atoms with Gasteiger partial charge in [0.15, 0.2) is 0 Å². The molecule has 1 unspecified atom stereocenters. The molecule has 0 aromatic heterocycles. The maximum Gasteiger partial charge on any atom is 0.254 e. The van der Waals surface area contributed by atoms with Crippen molar-refractivity contribution in [3.63, 3.8) is 0 Å². The number of methoxy groups -OCH3 is 3. The van der Waals surface area contributed by atoms with Gasteiger partial charge in [0.2, 0.25) is 0 Å². The fourth-order valence-corrected chi connectivity index (χ4v) is 6.38. The minimum Gasteiger partial charge on any atom is -0.497 e. The van der Waals surface area contributed by atoms with E-state index in [1.807, 2.05) is 17.0 Å². The topological polar surface area (TPSA) is 51.2 Å². The summed E-state index contributed by atoms with van der Waals surface area (Å²) in [6.45, 7) is 4.21. The zero-order valence-corrected chi connectivity index (χ0v) is 23.4. The summed E-state index contributed by atoms with van der Waals surface area (Å²) in [5.74, 6) is 1.85. The molecule has 0 N–H and O–H groups in total. The van der Waals surface area contributed by atoms with Crippen molar-refractivity contribution in [2.24, 2.45) is 0 Å². The number of carbonyl (C=O) groups is 1. The summed E-state index contributed by atoms with van der Waals surface area (Å²) >= 11 is 0. The molecule has 0 saturated carbocycles.